The second-order valence-corrected chi connectivity index (χ2v) is 4.91. The Morgan fingerprint density at radius 3 is 2.90 bits per heavy atom. The van der Waals surface area contributed by atoms with Crippen LogP contribution >= 0.6 is 0 Å². The van der Waals surface area contributed by atoms with Crippen LogP contribution in [-0.2, 0) is 9.47 Å². The van der Waals surface area contributed by atoms with E-state index in [9.17, 15) is 0 Å². The summed E-state index contributed by atoms with van der Waals surface area (Å²) in [5.41, 5.74) is 0. The molecule has 0 bridgehead atoms. The standard InChI is InChI=1S/C15H29N3O2/c1-3-8-17-15(16-4-2)18-9-5-10-20-13-14-6-11-19-12-7-14/h3,14H,1,4-13H2,2H3,(H2,16,17,18). The van der Waals surface area contributed by atoms with Gasteiger partial charge in [-0.3, -0.25) is 4.99 Å². The van der Waals surface area contributed by atoms with E-state index >= 15 is 0 Å². The number of guanidine groups is 1. The van der Waals surface area contributed by atoms with Gasteiger partial charge in [0.1, 0.15) is 0 Å². The molecule has 0 radical (unpaired) electrons. The average molecular weight is 283 g/mol. The van der Waals surface area contributed by atoms with Crippen LogP contribution in [0.3, 0.4) is 0 Å². The monoisotopic (exact) mass is 283 g/mol. The predicted molar refractivity (Wildman–Crippen MR) is 83.2 cm³/mol. The maximum atomic E-state index is 5.71. The molecule has 0 saturated carbocycles. The topological polar surface area (TPSA) is 54.9 Å². The van der Waals surface area contributed by atoms with Gasteiger partial charge in [-0.2, -0.15) is 0 Å². The first-order valence-electron chi connectivity index (χ1n) is 7.65. The smallest absolute Gasteiger partial charge is 0.191 e. The zero-order chi connectivity index (χ0) is 14.5. The first-order valence-corrected chi connectivity index (χ1v) is 7.65. The summed E-state index contributed by atoms with van der Waals surface area (Å²) in [7, 11) is 0. The number of rotatable bonds is 9. The van der Waals surface area contributed by atoms with Gasteiger partial charge in [-0.15, -0.1) is 6.58 Å². The Bertz CT molecular complexity index is 276. The fraction of sp³-hybridized carbons (Fsp3) is 0.800. The fourth-order valence-electron chi connectivity index (χ4n) is 2.03. The van der Waals surface area contributed by atoms with Crippen LogP contribution in [0.1, 0.15) is 26.2 Å². The van der Waals surface area contributed by atoms with Gasteiger partial charge in [0.2, 0.25) is 0 Å². The summed E-state index contributed by atoms with van der Waals surface area (Å²) in [5.74, 6) is 1.52. The van der Waals surface area contributed by atoms with Crippen LogP contribution in [0.25, 0.3) is 0 Å². The fourth-order valence-corrected chi connectivity index (χ4v) is 2.03. The lowest BCUT2D eigenvalue weighted by molar-refractivity contribution is 0.0205. The second kappa shape index (κ2) is 11.7. The lowest BCUT2D eigenvalue weighted by Gasteiger charge is -2.21. The minimum Gasteiger partial charge on any atom is -0.381 e. The highest BCUT2D eigenvalue weighted by molar-refractivity contribution is 5.79. The lowest BCUT2D eigenvalue weighted by atomic mass is 10.0. The SMILES string of the molecule is C=CCNC(=NCCCOCC1CCOCC1)NCC. The van der Waals surface area contributed by atoms with Crippen LogP contribution < -0.4 is 10.6 Å². The number of nitrogens with one attached hydrogen (secondary N) is 2. The van der Waals surface area contributed by atoms with Gasteiger partial charge in [0, 0.05) is 46.1 Å². The molecule has 5 nitrogen and oxygen atoms in total. The molecule has 1 heterocycles. The molecule has 0 aromatic rings. The Kier molecular flexibility index (Phi) is 9.96. The van der Waals surface area contributed by atoms with E-state index in [1.54, 1.807) is 0 Å². The summed E-state index contributed by atoms with van der Waals surface area (Å²) in [6.07, 6.45) is 5.04. The van der Waals surface area contributed by atoms with E-state index in [1.165, 1.54) is 0 Å². The third kappa shape index (κ3) is 8.17. The molecule has 116 valence electrons. The van der Waals surface area contributed by atoms with Crippen LogP contribution in [0.15, 0.2) is 17.6 Å². The van der Waals surface area contributed by atoms with E-state index in [1.807, 2.05) is 6.08 Å². The number of hydrogen-bond donors (Lipinski definition) is 2. The van der Waals surface area contributed by atoms with Crippen LogP contribution in [0.5, 0.6) is 0 Å². The zero-order valence-corrected chi connectivity index (χ0v) is 12.7. The van der Waals surface area contributed by atoms with Gasteiger partial charge < -0.3 is 20.1 Å². The zero-order valence-electron chi connectivity index (χ0n) is 12.7. The highest BCUT2D eigenvalue weighted by atomic mass is 16.5. The molecule has 1 aliphatic heterocycles. The summed E-state index contributed by atoms with van der Waals surface area (Å²) in [5, 5.41) is 6.38. The van der Waals surface area contributed by atoms with E-state index in [-0.39, 0.29) is 0 Å². The van der Waals surface area contributed by atoms with Crippen molar-refractivity contribution in [3.8, 4) is 0 Å². The first-order chi connectivity index (χ1) is 9.86. The van der Waals surface area contributed by atoms with Crippen molar-refractivity contribution in [3.05, 3.63) is 12.7 Å². The molecule has 0 aromatic carbocycles. The molecule has 0 aliphatic carbocycles. The molecule has 0 aromatic heterocycles. The minimum absolute atomic E-state index is 0.679. The van der Waals surface area contributed by atoms with Crippen molar-refractivity contribution in [2.24, 2.45) is 10.9 Å². The van der Waals surface area contributed by atoms with Gasteiger partial charge in [-0.25, -0.2) is 0 Å². The van der Waals surface area contributed by atoms with E-state index in [0.717, 1.165) is 71.3 Å². The molecular weight excluding hydrogens is 254 g/mol. The molecule has 1 fully saturated rings. The Balaban J connectivity index is 2.04. The third-order valence-electron chi connectivity index (χ3n) is 3.17. The largest absolute Gasteiger partial charge is 0.381 e. The number of aliphatic imine (C=N–C) groups is 1. The highest BCUT2D eigenvalue weighted by Gasteiger charge is 2.13. The molecule has 5 heteroatoms. The number of ether oxygens (including phenoxy) is 2. The van der Waals surface area contributed by atoms with Crippen molar-refractivity contribution in [2.45, 2.75) is 26.2 Å². The number of nitrogens with zero attached hydrogens (tertiary/aromatic N) is 1. The van der Waals surface area contributed by atoms with E-state index in [2.05, 4.69) is 29.1 Å². The van der Waals surface area contributed by atoms with Crippen LogP contribution in [0.2, 0.25) is 0 Å². The Hall–Kier alpha value is -1.07. The normalized spacial score (nSPS) is 16.9. The van der Waals surface area contributed by atoms with Gasteiger partial charge in [-0.05, 0) is 32.1 Å². The van der Waals surface area contributed by atoms with Crippen LogP contribution in [0.4, 0.5) is 0 Å². The molecular formula is C15H29N3O2. The van der Waals surface area contributed by atoms with E-state index < -0.39 is 0 Å². The van der Waals surface area contributed by atoms with Gasteiger partial charge in [0.25, 0.3) is 0 Å². The molecule has 0 amide bonds. The second-order valence-electron chi connectivity index (χ2n) is 4.91. The summed E-state index contributed by atoms with van der Waals surface area (Å²) in [6.45, 7) is 11.5. The molecule has 2 N–H and O–H groups in total. The third-order valence-corrected chi connectivity index (χ3v) is 3.17. The molecule has 0 spiro atoms. The van der Waals surface area contributed by atoms with Crippen molar-refractivity contribution in [2.75, 3.05) is 46.1 Å². The van der Waals surface area contributed by atoms with Gasteiger partial charge >= 0.3 is 0 Å². The quantitative estimate of drug-likeness (QED) is 0.292. The van der Waals surface area contributed by atoms with Crippen molar-refractivity contribution in [1.29, 1.82) is 0 Å². The van der Waals surface area contributed by atoms with E-state index in [4.69, 9.17) is 9.47 Å². The van der Waals surface area contributed by atoms with Crippen molar-refractivity contribution < 1.29 is 9.47 Å². The molecule has 1 rings (SSSR count). The summed E-state index contributed by atoms with van der Waals surface area (Å²) in [4.78, 5) is 4.48. The number of hydrogen-bond acceptors (Lipinski definition) is 3. The maximum absolute atomic E-state index is 5.71. The summed E-state index contributed by atoms with van der Waals surface area (Å²) in [6, 6.07) is 0. The first kappa shape index (κ1) is 17.0. The van der Waals surface area contributed by atoms with Crippen molar-refractivity contribution in [3.63, 3.8) is 0 Å². The average Bonchev–Trinajstić information content (AvgIpc) is 2.49. The van der Waals surface area contributed by atoms with Crippen LogP contribution in [-0.4, -0.2) is 52.0 Å². The molecule has 0 atom stereocenters. The molecule has 20 heavy (non-hydrogen) atoms. The highest BCUT2D eigenvalue weighted by Crippen LogP contribution is 2.14. The van der Waals surface area contributed by atoms with Gasteiger partial charge in [0.05, 0.1) is 0 Å². The minimum atomic E-state index is 0.679. The maximum Gasteiger partial charge on any atom is 0.191 e. The van der Waals surface area contributed by atoms with Gasteiger partial charge in [-0.1, -0.05) is 6.08 Å². The molecule has 0 unspecified atom stereocenters. The summed E-state index contributed by atoms with van der Waals surface area (Å²) >= 11 is 0. The predicted octanol–water partition coefficient (Wildman–Crippen LogP) is 1.56. The molecule has 1 aliphatic rings. The van der Waals surface area contributed by atoms with Crippen LogP contribution in [0, 0.1) is 5.92 Å². The van der Waals surface area contributed by atoms with Gasteiger partial charge in [0.15, 0.2) is 5.96 Å². The summed E-state index contributed by atoms with van der Waals surface area (Å²) < 4.78 is 11.0. The Morgan fingerprint density at radius 1 is 1.40 bits per heavy atom. The van der Waals surface area contributed by atoms with Crippen molar-refractivity contribution >= 4 is 5.96 Å². The van der Waals surface area contributed by atoms with Crippen molar-refractivity contribution in [1.82, 2.24) is 10.6 Å². The Morgan fingerprint density at radius 2 is 2.20 bits per heavy atom. The Labute approximate surface area is 122 Å². The molecule has 1 saturated heterocycles. The lowest BCUT2D eigenvalue weighted by Crippen LogP contribution is -2.37. The van der Waals surface area contributed by atoms with E-state index in [0.29, 0.717) is 5.92 Å².